The standard InChI is InChI=1S/C22H26Cl3N3O4S/c1-5-26-22(30)15(3)27(12-17-18(24)7-6-8-19(17)25)21(29)13-28(33(4,31)32)20-10-9-16(23)11-14(20)2/h6-11,15H,5,12-13H2,1-4H3,(H,26,30). The normalized spacial score (nSPS) is 12.2. The Kier molecular flexibility index (Phi) is 9.43. The van der Waals surface area contributed by atoms with Crippen molar-refractivity contribution in [2.75, 3.05) is 23.7 Å². The highest BCUT2D eigenvalue weighted by molar-refractivity contribution is 7.92. The maximum absolute atomic E-state index is 13.5. The zero-order chi connectivity index (χ0) is 24.9. The zero-order valence-corrected chi connectivity index (χ0v) is 21.8. The van der Waals surface area contributed by atoms with Crippen molar-refractivity contribution in [2.45, 2.75) is 33.4 Å². The van der Waals surface area contributed by atoms with Gasteiger partial charge in [0.1, 0.15) is 12.6 Å². The first-order chi connectivity index (χ1) is 15.4. The number of carbonyl (C=O) groups is 2. The van der Waals surface area contributed by atoms with Gasteiger partial charge in [0.15, 0.2) is 0 Å². The summed E-state index contributed by atoms with van der Waals surface area (Å²) in [7, 11) is -3.84. The van der Waals surface area contributed by atoms with Gasteiger partial charge in [0.05, 0.1) is 11.9 Å². The number of rotatable bonds is 9. The molecule has 2 amide bonds. The van der Waals surface area contributed by atoms with Gasteiger partial charge in [0, 0.05) is 33.7 Å². The van der Waals surface area contributed by atoms with Gasteiger partial charge in [-0.15, -0.1) is 0 Å². The first-order valence-electron chi connectivity index (χ1n) is 10.1. The largest absolute Gasteiger partial charge is 0.355 e. The molecule has 2 rings (SSSR count). The van der Waals surface area contributed by atoms with Crippen LogP contribution in [0.1, 0.15) is 25.0 Å². The van der Waals surface area contributed by atoms with Crippen molar-refractivity contribution in [3.05, 3.63) is 62.6 Å². The molecule has 0 saturated carbocycles. The monoisotopic (exact) mass is 533 g/mol. The summed E-state index contributed by atoms with van der Waals surface area (Å²) in [5, 5.41) is 3.78. The maximum Gasteiger partial charge on any atom is 0.244 e. The lowest BCUT2D eigenvalue weighted by molar-refractivity contribution is -0.139. The molecule has 1 unspecified atom stereocenters. The minimum absolute atomic E-state index is 0.0765. The Bertz CT molecular complexity index is 1120. The van der Waals surface area contributed by atoms with Crippen LogP contribution in [0.4, 0.5) is 5.69 Å². The Hall–Kier alpha value is -2.00. The molecular weight excluding hydrogens is 509 g/mol. The molecule has 0 aromatic heterocycles. The lowest BCUT2D eigenvalue weighted by Crippen LogP contribution is -2.51. The smallest absolute Gasteiger partial charge is 0.244 e. The molecule has 2 aromatic rings. The molecule has 0 heterocycles. The van der Waals surface area contributed by atoms with Crippen molar-refractivity contribution < 1.29 is 18.0 Å². The quantitative estimate of drug-likeness (QED) is 0.520. The number of hydrogen-bond acceptors (Lipinski definition) is 4. The lowest BCUT2D eigenvalue weighted by atomic mass is 10.1. The number of likely N-dealkylation sites (N-methyl/N-ethyl adjacent to an activating group) is 1. The minimum Gasteiger partial charge on any atom is -0.355 e. The topological polar surface area (TPSA) is 86.8 Å². The van der Waals surface area contributed by atoms with Crippen molar-refractivity contribution in [3.8, 4) is 0 Å². The zero-order valence-electron chi connectivity index (χ0n) is 18.7. The number of anilines is 1. The molecule has 33 heavy (non-hydrogen) atoms. The highest BCUT2D eigenvalue weighted by Gasteiger charge is 2.31. The van der Waals surface area contributed by atoms with Crippen LogP contribution in [0.3, 0.4) is 0 Å². The Morgan fingerprint density at radius 3 is 2.21 bits per heavy atom. The predicted molar refractivity (Wildman–Crippen MR) is 134 cm³/mol. The number of hydrogen-bond donors (Lipinski definition) is 1. The number of halogens is 3. The summed E-state index contributed by atoms with van der Waals surface area (Å²) in [5.41, 5.74) is 1.36. The molecule has 0 bridgehead atoms. The number of benzene rings is 2. The Balaban J connectivity index is 2.48. The Labute approximate surface area is 209 Å². The second-order valence-electron chi connectivity index (χ2n) is 7.49. The van der Waals surface area contributed by atoms with E-state index in [4.69, 9.17) is 34.8 Å². The van der Waals surface area contributed by atoms with Gasteiger partial charge in [-0.05, 0) is 56.7 Å². The first-order valence-corrected chi connectivity index (χ1v) is 13.1. The van der Waals surface area contributed by atoms with Gasteiger partial charge in [-0.3, -0.25) is 13.9 Å². The summed E-state index contributed by atoms with van der Waals surface area (Å²) in [6, 6.07) is 8.71. The second-order valence-corrected chi connectivity index (χ2v) is 10.7. The molecule has 180 valence electrons. The van der Waals surface area contributed by atoms with Crippen molar-refractivity contribution in [1.82, 2.24) is 10.2 Å². The number of amides is 2. The molecule has 0 radical (unpaired) electrons. The number of nitrogens with zero attached hydrogens (tertiary/aromatic N) is 2. The molecule has 0 spiro atoms. The molecule has 1 N–H and O–H groups in total. The van der Waals surface area contributed by atoms with Gasteiger partial charge in [0.25, 0.3) is 0 Å². The lowest BCUT2D eigenvalue weighted by Gasteiger charge is -2.32. The van der Waals surface area contributed by atoms with Crippen LogP contribution in [0.15, 0.2) is 36.4 Å². The minimum atomic E-state index is -3.84. The molecular formula is C22H26Cl3N3O4S. The highest BCUT2D eigenvalue weighted by Crippen LogP contribution is 2.28. The van der Waals surface area contributed by atoms with Gasteiger partial charge in [-0.2, -0.15) is 0 Å². The van der Waals surface area contributed by atoms with E-state index in [1.54, 1.807) is 51.1 Å². The molecule has 7 nitrogen and oxygen atoms in total. The average molecular weight is 535 g/mol. The summed E-state index contributed by atoms with van der Waals surface area (Å²) in [5.74, 6) is -0.980. The molecule has 11 heteroatoms. The fourth-order valence-electron chi connectivity index (χ4n) is 3.25. The van der Waals surface area contributed by atoms with E-state index in [1.807, 2.05) is 0 Å². The van der Waals surface area contributed by atoms with E-state index in [1.165, 1.54) is 11.0 Å². The predicted octanol–water partition coefficient (Wildman–Crippen LogP) is 4.27. The Morgan fingerprint density at radius 1 is 1.09 bits per heavy atom. The molecule has 0 fully saturated rings. The third-order valence-corrected chi connectivity index (χ3v) is 7.08. The average Bonchev–Trinajstić information content (AvgIpc) is 2.71. The van der Waals surface area contributed by atoms with Crippen molar-refractivity contribution in [1.29, 1.82) is 0 Å². The van der Waals surface area contributed by atoms with Gasteiger partial charge >= 0.3 is 0 Å². The molecule has 0 saturated heterocycles. The number of sulfonamides is 1. The van der Waals surface area contributed by atoms with Crippen LogP contribution in [0.2, 0.25) is 15.1 Å². The van der Waals surface area contributed by atoms with Gasteiger partial charge in [-0.25, -0.2) is 8.42 Å². The van der Waals surface area contributed by atoms with E-state index in [0.717, 1.165) is 10.6 Å². The number of nitrogens with one attached hydrogen (secondary N) is 1. The summed E-state index contributed by atoms with van der Waals surface area (Å²) < 4.78 is 26.2. The molecule has 0 aliphatic rings. The maximum atomic E-state index is 13.5. The molecule has 0 aliphatic heterocycles. The van der Waals surface area contributed by atoms with E-state index < -0.39 is 28.5 Å². The summed E-state index contributed by atoms with van der Waals surface area (Å²) in [6.45, 7) is 4.79. The number of carbonyl (C=O) groups excluding carboxylic acids is 2. The molecule has 1 atom stereocenters. The second kappa shape index (κ2) is 11.4. The summed E-state index contributed by atoms with van der Waals surface area (Å²) in [6.07, 6.45) is 1.01. The van der Waals surface area contributed by atoms with E-state index in [2.05, 4.69) is 5.32 Å². The SMILES string of the molecule is CCNC(=O)C(C)N(Cc1c(Cl)cccc1Cl)C(=O)CN(c1ccc(Cl)cc1C)S(C)(=O)=O. The highest BCUT2D eigenvalue weighted by atomic mass is 35.5. The van der Waals surface area contributed by atoms with Gasteiger partial charge < -0.3 is 10.2 Å². The van der Waals surface area contributed by atoms with Crippen LogP contribution < -0.4 is 9.62 Å². The van der Waals surface area contributed by atoms with Crippen molar-refractivity contribution in [2.24, 2.45) is 0 Å². The van der Waals surface area contributed by atoms with Crippen molar-refractivity contribution >= 4 is 62.3 Å². The van der Waals surface area contributed by atoms with E-state index in [-0.39, 0.29) is 12.5 Å². The van der Waals surface area contributed by atoms with Crippen LogP contribution in [-0.4, -0.2) is 50.5 Å². The van der Waals surface area contributed by atoms with Crippen LogP contribution in [0.5, 0.6) is 0 Å². The van der Waals surface area contributed by atoms with Gasteiger partial charge in [0.2, 0.25) is 21.8 Å². The van der Waals surface area contributed by atoms with E-state index in [9.17, 15) is 18.0 Å². The third-order valence-electron chi connectivity index (χ3n) is 5.02. The first kappa shape index (κ1) is 27.2. The molecule has 0 aliphatic carbocycles. The third kappa shape index (κ3) is 6.99. The van der Waals surface area contributed by atoms with E-state index >= 15 is 0 Å². The van der Waals surface area contributed by atoms with Gasteiger partial charge in [-0.1, -0.05) is 40.9 Å². The van der Waals surface area contributed by atoms with Crippen LogP contribution >= 0.6 is 34.8 Å². The van der Waals surface area contributed by atoms with Crippen LogP contribution in [0.25, 0.3) is 0 Å². The fraction of sp³-hybridized carbons (Fsp3) is 0.364. The number of aryl methyl sites for hydroxylation is 1. The van der Waals surface area contributed by atoms with Crippen LogP contribution in [-0.2, 0) is 26.2 Å². The molecule has 2 aromatic carbocycles. The fourth-order valence-corrected chi connectivity index (χ4v) is 4.90. The van der Waals surface area contributed by atoms with E-state index in [0.29, 0.717) is 38.4 Å². The van der Waals surface area contributed by atoms with Crippen LogP contribution in [0, 0.1) is 6.92 Å². The van der Waals surface area contributed by atoms with Crippen molar-refractivity contribution in [3.63, 3.8) is 0 Å². The summed E-state index contributed by atoms with van der Waals surface area (Å²) in [4.78, 5) is 27.3. The summed E-state index contributed by atoms with van der Waals surface area (Å²) >= 11 is 18.6. The Morgan fingerprint density at radius 2 is 1.70 bits per heavy atom.